The molecule has 0 N–H and O–H groups in total. The number of thiocarbonyl (C=S) groups is 1. The summed E-state index contributed by atoms with van der Waals surface area (Å²) in [5.74, 6) is 0. The van der Waals surface area contributed by atoms with Crippen molar-refractivity contribution in [2.24, 2.45) is 0 Å². The molecule has 0 heterocycles. The van der Waals surface area contributed by atoms with Crippen molar-refractivity contribution in [1.82, 2.24) is 0 Å². The Bertz CT molecular complexity index is 279. The molecule has 1 nitrogen and oxygen atoms in total. The molecule has 0 fully saturated rings. The maximum atomic E-state index is 4.92. The molecule has 64 valence electrons. The lowest BCUT2D eigenvalue weighted by Crippen LogP contribution is -2.18. The summed E-state index contributed by atoms with van der Waals surface area (Å²) in [6, 6.07) is 8.16. The number of hydrogen-bond acceptors (Lipinski definition) is 1. The highest BCUT2D eigenvalue weighted by molar-refractivity contribution is 8.11. The molecule has 3 heteroatoms. The zero-order valence-electron chi connectivity index (χ0n) is 7.11. The van der Waals surface area contributed by atoms with Crippen LogP contribution in [0.3, 0.4) is 0 Å². The fourth-order valence-electron chi connectivity index (χ4n) is 0.879. The molecule has 0 unspecified atom stereocenters. The number of thiol groups is 1. The molecule has 0 atom stereocenters. The summed E-state index contributed by atoms with van der Waals surface area (Å²) in [6.45, 7) is 2.06. The van der Waals surface area contributed by atoms with Crippen molar-refractivity contribution in [1.29, 1.82) is 0 Å². The lowest BCUT2D eigenvalue weighted by molar-refractivity contribution is 1.30. The molecule has 0 amide bonds. The number of nitrogens with zero attached hydrogens (tertiary/aromatic N) is 1. The van der Waals surface area contributed by atoms with Crippen molar-refractivity contribution >= 4 is 34.9 Å². The molecule has 1 aromatic rings. The number of hydrogen-bond donors (Lipinski definition) is 1. The van der Waals surface area contributed by atoms with Gasteiger partial charge in [-0.05, 0) is 19.1 Å². The monoisotopic (exact) mass is 197 g/mol. The average molecular weight is 197 g/mol. The molecule has 0 aliphatic carbocycles. The van der Waals surface area contributed by atoms with Crippen molar-refractivity contribution < 1.29 is 0 Å². The van der Waals surface area contributed by atoms with Gasteiger partial charge in [-0.25, -0.2) is 0 Å². The first kappa shape index (κ1) is 9.55. The van der Waals surface area contributed by atoms with E-state index >= 15 is 0 Å². The van der Waals surface area contributed by atoms with Crippen molar-refractivity contribution in [2.45, 2.75) is 6.92 Å². The normalized spacial score (nSPS) is 9.58. The summed E-state index contributed by atoms with van der Waals surface area (Å²) in [5.41, 5.74) is 2.32. The predicted molar refractivity (Wildman–Crippen MR) is 61.2 cm³/mol. The molecule has 0 aliphatic heterocycles. The highest BCUT2D eigenvalue weighted by Gasteiger charge is 2.00. The zero-order chi connectivity index (χ0) is 9.14. The second-order valence-electron chi connectivity index (χ2n) is 2.68. The van der Waals surface area contributed by atoms with Crippen LogP contribution >= 0.6 is 24.8 Å². The molecule has 1 rings (SSSR count). The van der Waals surface area contributed by atoms with Crippen molar-refractivity contribution in [3.63, 3.8) is 0 Å². The standard InChI is InChI=1S/C9H11NS2/c1-7-3-5-8(6-4-7)10(2)9(11)12/h3-6H,1-2H3,(H,11,12). The zero-order valence-corrected chi connectivity index (χ0v) is 8.82. The van der Waals surface area contributed by atoms with Crippen LogP contribution in [0.2, 0.25) is 0 Å². The van der Waals surface area contributed by atoms with Gasteiger partial charge in [0.1, 0.15) is 4.32 Å². The van der Waals surface area contributed by atoms with E-state index in [9.17, 15) is 0 Å². The first-order valence-electron chi connectivity index (χ1n) is 3.64. The molecule has 12 heavy (non-hydrogen) atoms. The van der Waals surface area contributed by atoms with E-state index < -0.39 is 0 Å². The van der Waals surface area contributed by atoms with Gasteiger partial charge in [0, 0.05) is 12.7 Å². The van der Waals surface area contributed by atoms with Crippen LogP contribution < -0.4 is 4.90 Å². The molecule has 0 aliphatic rings. The van der Waals surface area contributed by atoms with Gasteiger partial charge < -0.3 is 4.90 Å². The van der Waals surface area contributed by atoms with Gasteiger partial charge >= 0.3 is 0 Å². The van der Waals surface area contributed by atoms with Gasteiger partial charge in [-0.15, -0.1) is 12.6 Å². The molecular weight excluding hydrogens is 186 g/mol. The third kappa shape index (κ3) is 2.22. The summed E-state index contributed by atoms with van der Waals surface area (Å²) in [7, 11) is 1.90. The van der Waals surface area contributed by atoms with Gasteiger partial charge in [-0.3, -0.25) is 0 Å². The Hall–Kier alpha value is -0.540. The van der Waals surface area contributed by atoms with Crippen LogP contribution in [0.1, 0.15) is 5.56 Å². The molecule has 0 bridgehead atoms. The van der Waals surface area contributed by atoms with Gasteiger partial charge in [-0.1, -0.05) is 29.9 Å². The van der Waals surface area contributed by atoms with Crippen LogP contribution in [-0.2, 0) is 0 Å². The Balaban J connectivity index is 2.89. The number of aryl methyl sites for hydroxylation is 1. The summed E-state index contributed by atoms with van der Waals surface area (Å²) >= 11 is 9.01. The molecule has 0 saturated heterocycles. The fourth-order valence-corrected chi connectivity index (χ4v) is 1.10. The summed E-state index contributed by atoms with van der Waals surface area (Å²) in [6.07, 6.45) is 0. The number of benzene rings is 1. The van der Waals surface area contributed by atoms with E-state index in [0.717, 1.165) is 5.69 Å². The number of anilines is 1. The van der Waals surface area contributed by atoms with E-state index in [2.05, 4.69) is 31.7 Å². The Labute approximate surface area is 83.8 Å². The Morgan fingerprint density at radius 1 is 1.33 bits per heavy atom. The molecule has 0 saturated carbocycles. The first-order valence-corrected chi connectivity index (χ1v) is 4.50. The Morgan fingerprint density at radius 2 is 1.83 bits per heavy atom. The van der Waals surface area contributed by atoms with Crippen molar-refractivity contribution in [2.75, 3.05) is 11.9 Å². The van der Waals surface area contributed by atoms with Crippen molar-refractivity contribution in [3.05, 3.63) is 29.8 Å². The number of rotatable bonds is 1. The largest absolute Gasteiger partial charge is 0.331 e. The second kappa shape index (κ2) is 3.92. The van der Waals surface area contributed by atoms with Crippen LogP contribution in [0.5, 0.6) is 0 Å². The van der Waals surface area contributed by atoms with Crippen LogP contribution in [0.15, 0.2) is 24.3 Å². The highest BCUT2D eigenvalue weighted by atomic mass is 32.1. The van der Waals surface area contributed by atoms with E-state index in [4.69, 9.17) is 12.2 Å². The van der Waals surface area contributed by atoms with E-state index in [1.54, 1.807) is 0 Å². The lowest BCUT2D eigenvalue weighted by atomic mass is 10.2. The van der Waals surface area contributed by atoms with Crippen LogP contribution in [0, 0.1) is 6.92 Å². The molecule has 0 aromatic heterocycles. The molecule has 0 radical (unpaired) electrons. The Morgan fingerprint density at radius 3 is 2.25 bits per heavy atom. The highest BCUT2D eigenvalue weighted by Crippen LogP contribution is 2.14. The van der Waals surface area contributed by atoms with Gasteiger partial charge in [-0.2, -0.15) is 0 Å². The van der Waals surface area contributed by atoms with Crippen LogP contribution in [0.4, 0.5) is 5.69 Å². The lowest BCUT2D eigenvalue weighted by Gasteiger charge is -2.16. The first-order chi connectivity index (χ1) is 5.61. The van der Waals surface area contributed by atoms with E-state index in [1.165, 1.54) is 5.56 Å². The summed E-state index contributed by atoms with van der Waals surface area (Å²) < 4.78 is 0.582. The minimum atomic E-state index is 0.582. The summed E-state index contributed by atoms with van der Waals surface area (Å²) in [5, 5.41) is 0. The van der Waals surface area contributed by atoms with Gasteiger partial charge in [0.25, 0.3) is 0 Å². The topological polar surface area (TPSA) is 3.24 Å². The second-order valence-corrected chi connectivity index (χ2v) is 3.79. The Kier molecular flexibility index (Phi) is 3.12. The van der Waals surface area contributed by atoms with Crippen molar-refractivity contribution in [3.8, 4) is 0 Å². The van der Waals surface area contributed by atoms with E-state index in [-0.39, 0.29) is 0 Å². The predicted octanol–water partition coefficient (Wildman–Crippen LogP) is 2.65. The average Bonchev–Trinajstić information content (AvgIpc) is 2.04. The van der Waals surface area contributed by atoms with Crippen LogP contribution in [-0.4, -0.2) is 11.4 Å². The summed E-state index contributed by atoms with van der Waals surface area (Å²) in [4.78, 5) is 1.86. The van der Waals surface area contributed by atoms with Gasteiger partial charge in [0.2, 0.25) is 0 Å². The minimum absolute atomic E-state index is 0.582. The van der Waals surface area contributed by atoms with E-state index in [1.807, 2.05) is 24.1 Å². The molecule has 1 aromatic carbocycles. The SMILES string of the molecule is Cc1ccc(N(C)C(=S)S)cc1. The van der Waals surface area contributed by atoms with Crippen LogP contribution in [0.25, 0.3) is 0 Å². The smallest absolute Gasteiger partial charge is 0.137 e. The molecular formula is C9H11NS2. The minimum Gasteiger partial charge on any atom is -0.331 e. The molecule has 0 spiro atoms. The maximum Gasteiger partial charge on any atom is 0.137 e. The van der Waals surface area contributed by atoms with Gasteiger partial charge in [0.05, 0.1) is 0 Å². The quantitative estimate of drug-likeness (QED) is 0.544. The third-order valence-electron chi connectivity index (χ3n) is 1.71. The fraction of sp³-hybridized carbons (Fsp3) is 0.222. The third-order valence-corrected chi connectivity index (χ3v) is 2.28. The van der Waals surface area contributed by atoms with Gasteiger partial charge in [0.15, 0.2) is 0 Å². The maximum absolute atomic E-state index is 4.92. The van der Waals surface area contributed by atoms with E-state index in [0.29, 0.717) is 4.32 Å².